The summed E-state index contributed by atoms with van der Waals surface area (Å²) in [6, 6.07) is 16.8. The molecule has 6 heteroatoms. The maximum absolute atomic E-state index is 11.9. The molecule has 2 N–H and O–H groups in total. The highest BCUT2D eigenvalue weighted by molar-refractivity contribution is 9.10. The highest BCUT2D eigenvalue weighted by atomic mass is 79.9. The number of hydrogen-bond donors (Lipinski definition) is 2. The van der Waals surface area contributed by atoms with Crippen molar-refractivity contribution in [3.8, 4) is 5.75 Å². The van der Waals surface area contributed by atoms with Gasteiger partial charge in [0, 0.05) is 16.1 Å². The van der Waals surface area contributed by atoms with Crippen LogP contribution in [0.25, 0.3) is 10.9 Å². The molecule has 0 aliphatic heterocycles. The molecule has 2 aromatic carbocycles. The summed E-state index contributed by atoms with van der Waals surface area (Å²) in [4.78, 5) is 16.2. The van der Waals surface area contributed by atoms with Gasteiger partial charge in [-0.05, 0) is 40.2 Å². The number of carbonyl (C=O) groups is 1. The summed E-state index contributed by atoms with van der Waals surface area (Å²) in [5.74, 6) is 0.709. The van der Waals surface area contributed by atoms with Crippen LogP contribution in [0, 0.1) is 0 Å². The number of pyridine rings is 1. The van der Waals surface area contributed by atoms with Gasteiger partial charge in [0.1, 0.15) is 17.9 Å². The van der Waals surface area contributed by atoms with Crippen LogP contribution in [0.3, 0.4) is 0 Å². The lowest BCUT2D eigenvalue weighted by atomic mass is 10.2. The number of fused-ring (bicyclic) bond motifs is 1. The highest BCUT2D eigenvalue weighted by Crippen LogP contribution is 2.23. The van der Waals surface area contributed by atoms with Gasteiger partial charge in [0.25, 0.3) is 0 Å². The standard InChI is InChI=1S/C18H16BrN3O2/c19-14-7-1-2-8-15(14)22-18(23)21-11-12-24-16-9-3-5-13-6-4-10-20-17(13)16/h1-10H,11-12H2,(H2,21,22,23). The molecule has 0 aliphatic carbocycles. The van der Waals surface area contributed by atoms with E-state index >= 15 is 0 Å². The lowest BCUT2D eigenvalue weighted by Crippen LogP contribution is -2.32. The molecule has 122 valence electrons. The largest absolute Gasteiger partial charge is 0.489 e. The molecule has 5 nitrogen and oxygen atoms in total. The van der Waals surface area contributed by atoms with E-state index in [1.54, 1.807) is 6.20 Å². The molecule has 0 radical (unpaired) electrons. The third-order valence-corrected chi connectivity index (χ3v) is 4.05. The Hall–Kier alpha value is -2.60. The number of rotatable bonds is 5. The lowest BCUT2D eigenvalue weighted by molar-refractivity contribution is 0.247. The first-order valence-electron chi connectivity index (χ1n) is 7.50. The second-order valence-corrected chi connectivity index (χ2v) is 5.89. The molecule has 2 amide bonds. The molecule has 0 saturated carbocycles. The van der Waals surface area contributed by atoms with Crippen LogP contribution in [0.2, 0.25) is 0 Å². The fourth-order valence-corrected chi connectivity index (χ4v) is 2.63. The van der Waals surface area contributed by atoms with E-state index in [9.17, 15) is 4.79 Å². The Morgan fingerprint density at radius 1 is 1.08 bits per heavy atom. The second kappa shape index (κ2) is 7.79. The Balaban J connectivity index is 1.50. The van der Waals surface area contributed by atoms with E-state index in [1.165, 1.54) is 0 Å². The van der Waals surface area contributed by atoms with Crippen LogP contribution in [-0.2, 0) is 0 Å². The number of nitrogens with one attached hydrogen (secondary N) is 2. The zero-order chi connectivity index (χ0) is 16.8. The fraction of sp³-hybridized carbons (Fsp3) is 0.111. The number of urea groups is 1. The minimum atomic E-state index is -0.276. The molecule has 1 heterocycles. The molecule has 0 fully saturated rings. The number of hydrogen-bond acceptors (Lipinski definition) is 3. The summed E-state index contributed by atoms with van der Waals surface area (Å²) in [5, 5.41) is 6.56. The predicted octanol–water partition coefficient (Wildman–Crippen LogP) is 4.20. The molecule has 1 aromatic heterocycles. The SMILES string of the molecule is O=C(NCCOc1cccc2cccnc12)Nc1ccccc1Br. The van der Waals surface area contributed by atoms with Crippen molar-refractivity contribution in [1.29, 1.82) is 0 Å². The zero-order valence-electron chi connectivity index (χ0n) is 12.8. The molecular weight excluding hydrogens is 370 g/mol. The Kier molecular flexibility index (Phi) is 5.28. The number of amides is 2. The minimum Gasteiger partial charge on any atom is -0.489 e. The Labute approximate surface area is 148 Å². The average molecular weight is 386 g/mol. The molecule has 0 bridgehead atoms. The molecule has 3 aromatic rings. The van der Waals surface area contributed by atoms with Crippen LogP contribution >= 0.6 is 15.9 Å². The van der Waals surface area contributed by atoms with E-state index in [4.69, 9.17) is 4.74 Å². The summed E-state index contributed by atoms with van der Waals surface area (Å²) in [7, 11) is 0. The number of carbonyl (C=O) groups excluding carboxylic acids is 1. The number of aromatic nitrogens is 1. The minimum absolute atomic E-state index is 0.276. The third kappa shape index (κ3) is 4.02. The summed E-state index contributed by atoms with van der Waals surface area (Å²) < 4.78 is 6.56. The second-order valence-electron chi connectivity index (χ2n) is 5.04. The molecule has 0 atom stereocenters. The number of para-hydroxylation sites is 2. The van der Waals surface area contributed by atoms with E-state index in [0.29, 0.717) is 24.6 Å². The number of nitrogens with zero attached hydrogens (tertiary/aromatic N) is 1. The maximum Gasteiger partial charge on any atom is 0.319 e. The van der Waals surface area contributed by atoms with Gasteiger partial charge in [-0.2, -0.15) is 0 Å². The van der Waals surface area contributed by atoms with Crippen molar-refractivity contribution in [2.75, 3.05) is 18.5 Å². The average Bonchev–Trinajstić information content (AvgIpc) is 2.61. The van der Waals surface area contributed by atoms with Crippen LogP contribution in [0.1, 0.15) is 0 Å². The number of anilines is 1. The quantitative estimate of drug-likeness (QED) is 0.646. The predicted molar refractivity (Wildman–Crippen MR) is 98.4 cm³/mol. The van der Waals surface area contributed by atoms with Crippen LogP contribution in [0.4, 0.5) is 10.5 Å². The normalized spacial score (nSPS) is 10.4. The van der Waals surface area contributed by atoms with E-state index in [2.05, 4.69) is 31.5 Å². The lowest BCUT2D eigenvalue weighted by Gasteiger charge is -2.11. The zero-order valence-corrected chi connectivity index (χ0v) is 14.4. The highest BCUT2D eigenvalue weighted by Gasteiger charge is 2.05. The third-order valence-electron chi connectivity index (χ3n) is 3.36. The summed E-state index contributed by atoms with van der Waals surface area (Å²) in [6.07, 6.45) is 1.73. The number of benzene rings is 2. The molecule has 0 saturated heterocycles. The maximum atomic E-state index is 11.9. The molecule has 0 spiro atoms. The first kappa shape index (κ1) is 16.3. The van der Waals surface area contributed by atoms with Crippen LogP contribution < -0.4 is 15.4 Å². The Morgan fingerprint density at radius 3 is 2.79 bits per heavy atom. The van der Waals surface area contributed by atoms with Crippen LogP contribution in [0.5, 0.6) is 5.75 Å². The van der Waals surface area contributed by atoms with Gasteiger partial charge in [-0.3, -0.25) is 4.98 Å². The monoisotopic (exact) mass is 385 g/mol. The van der Waals surface area contributed by atoms with Gasteiger partial charge in [-0.15, -0.1) is 0 Å². The van der Waals surface area contributed by atoms with Crippen molar-refractivity contribution in [2.45, 2.75) is 0 Å². The molecule has 3 rings (SSSR count). The summed E-state index contributed by atoms with van der Waals surface area (Å²) >= 11 is 3.39. The van der Waals surface area contributed by atoms with Crippen molar-refractivity contribution in [2.24, 2.45) is 0 Å². The fourth-order valence-electron chi connectivity index (χ4n) is 2.25. The molecule has 24 heavy (non-hydrogen) atoms. The Bertz CT molecular complexity index is 849. The van der Waals surface area contributed by atoms with Gasteiger partial charge in [0.15, 0.2) is 0 Å². The Morgan fingerprint density at radius 2 is 1.92 bits per heavy atom. The first-order valence-corrected chi connectivity index (χ1v) is 8.29. The van der Waals surface area contributed by atoms with Crippen molar-refractivity contribution in [3.63, 3.8) is 0 Å². The van der Waals surface area contributed by atoms with Crippen LogP contribution in [-0.4, -0.2) is 24.2 Å². The van der Waals surface area contributed by atoms with Gasteiger partial charge in [-0.25, -0.2) is 4.79 Å². The van der Waals surface area contributed by atoms with Crippen molar-refractivity contribution in [1.82, 2.24) is 10.3 Å². The smallest absolute Gasteiger partial charge is 0.319 e. The van der Waals surface area contributed by atoms with Crippen molar-refractivity contribution in [3.05, 3.63) is 65.3 Å². The topological polar surface area (TPSA) is 63.2 Å². The van der Waals surface area contributed by atoms with E-state index in [0.717, 1.165) is 15.4 Å². The molecular formula is C18H16BrN3O2. The van der Waals surface area contributed by atoms with E-state index < -0.39 is 0 Å². The summed E-state index contributed by atoms with van der Waals surface area (Å²) in [5.41, 5.74) is 1.53. The van der Waals surface area contributed by atoms with Gasteiger partial charge in [-0.1, -0.05) is 30.3 Å². The molecule has 0 aliphatic rings. The number of halogens is 1. The molecule has 0 unspecified atom stereocenters. The van der Waals surface area contributed by atoms with Crippen LogP contribution in [0.15, 0.2) is 65.3 Å². The van der Waals surface area contributed by atoms with Gasteiger partial charge >= 0.3 is 6.03 Å². The van der Waals surface area contributed by atoms with E-state index in [1.807, 2.05) is 54.6 Å². The van der Waals surface area contributed by atoms with Gasteiger partial charge in [0.05, 0.1) is 12.2 Å². The van der Waals surface area contributed by atoms with Crippen molar-refractivity contribution >= 4 is 38.6 Å². The first-order chi connectivity index (χ1) is 11.7. The van der Waals surface area contributed by atoms with Gasteiger partial charge in [0.2, 0.25) is 0 Å². The van der Waals surface area contributed by atoms with Crippen molar-refractivity contribution < 1.29 is 9.53 Å². The number of ether oxygens (including phenoxy) is 1. The van der Waals surface area contributed by atoms with Gasteiger partial charge < -0.3 is 15.4 Å². The van der Waals surface area contributed by atoms with E-state index in [-0.39, 0.29) is 6.03 Å². The summed E-state index contributed by atoms with van der Waals surface area (Å²) in [6.45, 7) is 0.749.